The molecule has 0 saturated heterocycles. The van der Waals surface area contributed by atoms with Crippen LogP contribution in [0, 0.1) is 12.3 Å². The van der Waals surface area contributed by atoms with E-state index in [-0.39, 0.29) is 0 Å². The van der Waals surface area contributed by atoms with Gasteiger partial charge in [-0.25, -0.2) is 0 Å². The van der Waals surface area contributed by atoms with Crippen LogP contribution in [0.2, 0.25) is 0 Å². The fourth-order valence-electron chi connectivity index (χ4n) is 3.15. The Hall–Kier alpha value is -1.02. The van der Waals surface area contributed by atoms with E-state index in [2.05, 4.69) is 62.3 Å². The van der Waals surface area contributed by atoms with Crippen molar-refractivity contribution in [2.75, 3.05) is 25.5 Å². The molecule has 0 aromatic heterocycles. The number of para-hydroxylation sites is 1. The van der Waals surface area contributed by atoms with E-state index in [1.807, 2.05) is 0 Å². The van der Waals surface area contributed by atoms with Crippen LogP contribution in [0.5, 0.6) is 0 Å². The van der Waals surface area contributed by atoms with Crippen molar-refractivity contribution in [1.29, 1.82) is 0 Å². The van der Waals surface area contributed by atoms with E-state index >= 15 is 0 Å². The van der Waals surface area contributed by atoms with E-state index in [1.54, 1.807) is 0 Å². The van der Waals surface area contributed by atoms with Crippen LogP contribution in [0.1, 0.15) is 45.1 Å². The lowest BCUT2D eigenvalue weighted by Gasteiger charge is -2.38. The van der Waals surface area contributed by atoms with Crippen LogP contribution in [-0.4, -0.2) is 31.1 Å². The van der Waals surface area contributed by atoms with Gasteiger partial charge in [0.15, 0.2) is 0 Å². The highest BCUT2D eigenvalue weighted by molar-refractivity contribution is 5.50. The summed E-state index contributed by atoms with van der Waals surface area (Å²) >= 11 is 0. The summed E-state index contributed by atoms with van der Waals surface area (Å²) in [6.45, 7) is 9.13. The van der Waals surface area contributed by atoms with Crippen molar-refractivity contribution < 1.29 is 0 Å². The molecule has 1 aliphatic carbocycles. The lowest BCUT2D eigenvalue weighted by atomic mass is 9.75. The van der Waals surface area contributed by atoms with Crippen LogP contribution in [0.25, 0.3) is 0 Å². The quantitative estimate of drug-likeness (QED) is 0.861. The number of rotatable bonds is 5. The number of nitrogens with zero attached hydrogens (tertiary/aromatic N) is 1. The first-order valence-corrected chi connectivity index (χ1v) is 7.98. The van der Waals surface area contributed by atoms with Gasteiger partial charge in [0, 0.05) is 24.8 Å². The van der Waals surface area contributed by atoms with Gasteiger partial charge in [0.05, 0.1) is 0 Å². The van der Waals surface area contributed by atoms with Gasteiger partial charge >= 0.3 is 0 Å². The third kappa shape index (κ3) is 4.24. The molecule has 1 aliphatic rings. The van der Waals surface area contributed by atoms with Crippen LogP contribution in [0.15, 0.2) is 24.3 Å². The Bertz CT molecular complexity index is 415. The summed E-state index contributed by atoms with van der Waals surface area (Å²) < 4.78 is 0. The van der Waals surface area contributed by atoms with Crippen molar-refractivity contribution >= 4 is 5.69 Å². The topological polar surface area (TPSA) is 15.3 Å². The molecule has 1 N–H and O–H groups in total. The highest BCUT2D eigenvalue weighted by Crippen LogP contribution is 2.36. The molecular formula is C18H30N2. The van der Waals surface area contributed by atoms with Gasteiger partial charge in [0.1, 0.15) is 0 Å². The predicted molar refractivity (Wildman–Crippen MR) is 88.3 cm³/mol. The molecule has 0 radical (unpaired) electrons. The van der Waals surface area contributed by atoms with Crippen LogP contribution in [0.3, 0.4) is 0 Å². The molecule has 0 unspecified atom stereocenters. The SMILES string of the molecule is Cc1ccccc1NCCN(C)C1CCC(C)(C)CC1. The molecule has 1 saturated carbocycles. The van der Waals surface area contributed by atoms with Gasteiger partial charge < -0.3 is 10.2 Å². The fourth-order valence-corrected chi connectivity index (χ4v) is 3.15. The summed E-state index contributed by atoms with van der Waals surface area (Å²) in [5.41, 5.74) is 3.16. The van der Waals surface area contributed by atoms with Gasteiger partial charge in [-0.3, -0.25) is 0 Å². The molecule has 1 fully saturated rings. The highest BCUT2D eigenvalue weighted by atomic mass is 15.1. The molecule has 0 heterocycles. The molecule has 0 atom stereocenters. The van der Waals surface area contributed by atoms with Crippen molar-refractivity contribution in [3.63, 3.8) is 0 Å². The van der Waals surface area contributed by atoms with Gasteiger partial charge in [-0.2, -0.15) is 0 Å². The molecule has 0 bridgehead atoms. The minimum Gasteiger partial charge on any atom is -0.384 e. The van der Waals surface area contributed by atoms with E-state index in [0.717, 1.165) is 19.1 Å². The minimum atomic E-state index is 0.566. The molecule has 1 aromatic rings. The van der Waals surface area contributed by atoms with Crippen molar-refractivity contribution in [2.45, 2.75) is 52.5 Å². The molecule has 112 valence electrons. The van der Waals surface area contributed by atoms with E-state index in [4.69, 9.17) is 0 Å². The number of nitrogens with one attached hydrogen (secondary N) is 1. The maximum Gasteiger partial charge on any atom is 0.0370 e. The van der Waals surface area contributed by atoms with Gasteiger partial charge in [-0.1, -0.05) is 32.0 Å². The predicted octanol–water partition coefficient (Wildman–Crippen LogP) is 4.31. The van der Waals surface area contributed by atoms with Crippen LogP contribution >= 0.6 is 0 Å². The Labute approximate surface area is 124 Å². The maximum atomic E-state index is 3.56. The van der Waals surface area contributed by atoms with Gasteiger partial charge in [-0.15, -0.1) is 0 Å². The van der Waals surface area contributed by atoms with Crippen LogP contribution in [-0.2, 0) is 0 Å². The Morgan fingerprint density at radius 1 is 1.20 bits per heavy atom. The average molecular weight is 274 g/mol. The van der Waals surface area contributed by atoms with E-state index in [0.29, 0.717) is 5.41 Å². The molecule has 2 heteroatoms. The van der Waals surface area contributed by atoms with Crippen molar-refractivity contribution in [1.82, 2.24) is 4.90 Å². The lowest BCUT2D eigenvalue weighted by Crippen LogP contribution is -2.39. The summed E-state index contributed by atoms with van der Waals surface area (Å²) in [6, 6.07) is 9.30. The van der Waals surface area contributed by atoms with Crippen molar-refractivity contribution in [2.24, 2.45) is 5.41 Å². The molecule has 0 amide bonds. The monoisotopic (exact) mass is 274 g/mol. The normalized spacial score (nSPS) is 19.2. The molecule has 2 rings (SSSR count). The molecular weight excluding hydrogens is 244 g/mol. The van der Waals surface area contributed by atoms with Gasteiger partial charge in [-0.05, 0) is 56.7 Å². The largest absolute Gasteiger partial charge is 0.384 e. The summed E-state index contributed by atoms with van der Waals surface area (Å²) in [7, 11) is 2.28. The molecule has 20 heavy (non-hydrogen) atoms. The number of likely N-dealkylation sites (N-methyl/N-ethyl adjacent to an activating group) is 1. The number of hydrogen-bond acceptors (Lipinski definition) is 2. The third-order valence-electron chi connectivity index (χ3n) is 4.86. The first kappa shape index (κ1) is 15.4. The number of anilines is 1. The second kappa shape index (κ2) is 6.62. The van der Waals surface area contributed by atoms with Crippen molar-refractivity contribution in [3.05, 3.63) is 29.8 Å². The summed E-state index contributed by atoms with van der Waals surface area (Å²) in [4.78, 5) is 2.54. The zero-order valence-electron chi connectivity index (χ0n) is 13.6. The molecule has 0 aliphatic heterocycles. The minimum absolute atomic E-state index is 0.566. The smallest absolute Gasteiger partial charge is 0.0370 e. The van der Waals surface area contributed by atoms with E-state index in [9.17, 15) is 0 Å². The lowest BCUT2D eigenvalue weighted by molar-refractivity contribution is 0.131. The van der Waals surface area contributed by atoms with E-state index in [1.165, 1.54) is 36.9 Å². The van der Waals surface area contributed by atoms with Gasteiger partial charge in [0.25, 0.3) is 0 Å². The Morgan fingerprint density at radius 3 is 2.50 bits per heavy atom. The fraction of sp³-hybridized carbons (Fsp3) is 0.667. The van der Waals surface area contributed by atoms with E-state index < -0.39 is 0 Å². The molecule has 1 aromatic carbocycles. The number of aryl methyl sites for hydroxylation is 1. The third-order valence-corrected chi connectivity index (χ3v) is 4.86. The second-order valence-corrected chi connectivity index (χ2v) is 7.12. The first-order valence-electron chi connectivity index (χ1n) is 7.98. The average Bonchev–Trinajstić information content (AvgIpc) is 2.40. The zero-order chi connectivity index (χ0) is 14.6. The second-order valence-electron chi connectivity index (χ2n) is 7.12. The zero-order valence-corrected chi connectivity index (χ0v) is 13.6. The van der Waals surface area contributed by atoms with Crippen molar-refractivity contribution in [3.8, 4) is 0 Å². The Balaban J connectivity index is 1.73. The Morgan fingerprint density at radius 2 is 1.85 bits per heavy atom. The highest BCUT2D eigenvalue weighted by Gasteiger charge is 2.28. The van der Waals surface area contributed by atoms with Crippen LogP contribution in [0.4, 0.5) is 5.69 Å². The standard InChI is InChI=1S/C18H30N2/c1-15-7-5-6-8-17(15)19-13-14-20(4)16-9-11-18(2,3)12-10-16/h5-8,16,19H,9-14H2,1-4H3. The number of benzene rings is 1. The summed E-state index contributed by atoms with van der Waals surface area (Å²) in [5, 5.41) is 3.56. The number of hydrogen-bond donors (Lipinski definition) is 1. The summed E-state index contributed by atoms with van der Waals surface area (Å²) in [5.74, 6) is 0. The first-order chi connectivity index (χ1) is 9.48. The summed E-state index contributed by atoms with van der Waals surface area (Å²) in [6.07, 6.45) is 5.45. The van der Waals surface area contributed by atoms with Crippen LogP contribution < -0.4 is 5.32 Å². The Kier molecular flexibility index (Phi) is 5.09. The van der Waals surface area contributed by atoms with Gasteiger partial charge in [0.2, 0.25) is 0 Å². The molecule has 2 nitrogen and oxygen atoms in total. The maximum absolute atomic E-state index is 3.56. The molecule has 0 spiro atoms.